The van der Waals surface area contributed by atoms with Gasteiger partial charge in [0.25, 0.3) is 0 Å². The first-order valence-corrected chi connectivity index (χ1v) is 8.53. The quantitative estimate of drug-likeness (QED) is 0.753. The van der Waals surface area contributed by atoms with E-state index in [1.54, 1.807) is 12.1 Å². The van der Waals surface area contributed by atoms with Gasteiger partial charge in [-0.05, 0) is 24.6 Å². The Hall–Kier alpha value is -2.39. The van der Waals surface area contributed by atoms with Crippen LogP contribution >= 0.6 is 0 Å². The Morgan fingerprint density at radius 1 is 1.42 bits per heavy atom. The monoisotopic (exact) mass is 364 g/mol. The van der Waals surface area contributed by atoms with Crippen molar-refractivity contribution in [2.45, 2.75) is 31.6 Å². The SMILES string of the molecule is CC(=O)N([O-])CC1CN(c2ccc(N3C[C@@H]4C[C@H]3CO4)c(F)c2)C(=O)O1. The Morgan fingerprint density at radius 3 is 2.85 bits per heavy atom. The highest BCUT2D eigenvalue weighted by Crippen LogP contribution is 2.35. The molecular weight excluding hydrogens is 345 g/mol. The fourth-order valence-electron chi connectivity index (χ4n) is 3.73. The average molecular weight is 364 g/mol. The van der Waals surface area contributed by atoms with Crippen molar-refractivity contribution in [3.05, 3.63) is 29.2 Å². The lowest BCUT2D eigenvalue weighted by Gasteiger charge is -2.29. The number of carbonyl (C=O) groups excluding carboxylic acids is 2. The predicted molar refractivity (Wildman–Crippen MR) is 90.3 cm³/mol. The van der Waals surface area contributed by atoms with Crippen LogP contribution in [0.4, 0.5) is 20.6 Å². The molecule has 8 nitrogen and oxygen atoms in total. The minimum absolute atomic E-state index is 0.0892. The van der Waals surface area contributed by atoms with E-state index in [9.17, 15) is 19.2 Å². The molecule has 0 spiro atoms. The minimum Gasteiger partial charge on any atom is -0.756 e. The van der Waals surface area contributed by atoms with Crippen molar-refractivity contribution in [2.24, 2.45) is 0 Å². The fraction of sp³-hybridized carbons (Fsp3) is 0.529. The molecular formula is C17H19FN3O5-. The highest BCUT2D eigenvalue weighted by molar-refractivity contribution is 5.90. The van der Waals surface area contributed by atoms with E-state index in [4.69, 9.17) is 9.47 Å². The van der Waals surface area contributed by atoms with E-state index in [2.05, 4.69) is 0 Å². The third kappa shape index (κ3) is 2.97. The van der Waals surface area contributed by atoms with Crippen molar-refractivity contribution in [2.75, 3.05) is 36.0 Å². The predicted octanol–water partition coefficient (Wildman–Crippen LogP) is 1.47. The van der Waals surface area contributed by atoms with Gasteiger partial charge in [0.2, 0.25) is 5.91 Å². The van der Waals surface area contributed by atoms with E-state index in [1.165, 1.54) is 11.0 Å². The molecule has 3 heterocycles. The van der Waals surface area contributed by atoms with E-state index in [0.717, 1.165) is 13.3 Å². The molecule has 1 aromatic rings. The highest BCUT2D eigenvalue weighted by atomic mass is 19.1. The van der Waals surface area contributed by atoms with Gasteiger partial charge in [-0.25, -0.2) is 9.18 Å². The summed E-state index contributed by atoms with van der Waals surface area (Å²) in [6, 6.07) is 4.80. The van der Waals surface area contributed by atoms with Crippen LogP contribution in [0.2, 0.25) is 0 Å². The number of nitrogens with zero attached hydrogens (tertiary/aromatic N) is 3. The van der Waals surface area contributed by atoms with Gasteiger partial charge in [0, 0.05) is 20.0 Å². The number of morpholine rings is 1. The number of hydrogen-bond donors (Lipinski definition) is 0. The van der Waals surface area contributed by atoms with Crippen LogP contribution in [0.3, 0.4) is 0 Å². The molecule has 3 saturated heterocycles. The Balaban J connectivity index is 1.47. The molecule has 0 N–H and O–H groups in total. The number of benzene rings is 1. The van der Waals surface area contributed by atoms with Crippen LogP contribution < -0.4 is 9.80 Å². The molecule has 3 aliphatic heterocycles. The number of cyclic esters (lactones) is 1. The maximum absolute atomic E-state index is 14.7. The van der Waals surface area contributed by atoms with Gasteiger partial charge in [0.15, 0.2) is 0 Å². The number of hydrogen-bond acceptors (Lipinski definition) is 6. The summed E-state index contributed by atoms with van der Waals surface area (Å²) in [5, 5.41) is 11.7. The van der Waals surface area contributed by atoms with Gasteiger partial charge in [0.05, 0.1) is 36.7 Å². The molecule has 4 rings (SSSR count). The van der Waals surface area contributed by atoms with Gasteiger partial charge >= 0.3 is 6.09 Å². The van der Waals surface area contributed by atoms with Crippen LogP contribution in [0.5, 0.6) is 0 Å². The molecule has 1 aromatic carbocycles. The van der Waals surface area contributed by atoms with E-state index < -0.39 is 23.9 Å². The second kappa shape index (κ2) is 6.40. The second-order valence-electron chi connectivity index (χ2n) is 6.83. The lowest BCUT2D eigenvalue weighted by Crippen LogP contribution is -2.37. The summed E-state index contributed by atoms with van der Waals surface area (Å²) in [5.74, 6) is -1.07. The van der Waals surface area contributed by atoms with Gasteiger partial charge in [-0.3, -0.25) is 9.69 Å². The fourth-order valence-corrected chi connectivity index (χ4v) is 3.73. The van der Waals surface area contributed by atoms with Gasteiger partial charge in [-0.15, -0.1) is 0 Å². The van der Waals surface area contributed by atoms with Crippen LogP contribution in [0, 0.1) is 11.0 Å². The van der Waals surface area contributed by atoms with Gasteiger partial charge < -0.3 is 24.6 Å². The maximum atomic E-state index is 14.7. The van der Waals surface area contributed by atoms with Crippen molar-refractivity contribution < 1.29 is 23.5 Å². The topological polar surface area (TPSA) is 85.4 Å². The molecule has 0 aromatic heterocycles. The lowest BCUT2D eigenvalue weighted by molar-refractivity contribution is -0.127. The third-order valence-electron chi connectivity index (χ3n) is 5.05. The largest absolute Gasteiger partial charge is 0.756 e. The molecule has 3 fully saturated rings. The Kier molecular flexibility index (Phi) is 4.20. The Bertz CT molecular complexity index is 745. The number of carbonyl (C=O) groups is 2. The summed E-state index contributed by atoms with van der Waals surface area (Å²) >= 11 is 0. The zero-order chi connectivity index (χ0) is 18.4. The van der Waals surface area contributed by atoms with Crippen LogP contribution in [0.1, 0.15) is 13.3 Å². The zero-order valence-electron chi connectivity index (χ0n) is 14.3. The molecule has 2 amide bonds. The number of hydroxylamine groups is 2. The molecule has 0 aliphatic carbocycles. The molecule has 26 heavy (non-hydrogen) atoms. The van der Waals surface area contributed by atoms with Crippen molar-refractivity contribution in [1.29, 1.82) is 0 Å². The first kappa shape index (κ1) is 17.0. The van der Waals surface area contributed by atoms with Crippen LogP contribution in [0.15, 0.2) is 18.2 Å². The summed E-state index contributed by atoms with van der Waals surface area (Å²) in [6.45, 7) is 2.26. The molecule has 0 saturated carbocycles. The second-order valence-corrected chi connectivity index (χ2v) is 6.83. The first-order chi connectivity index (χ1) is 12.4. The van der Waals surface area contributed by atoms with E-state index in [-0.39, 0.29) is 30.3 Å². The van der Waals surface area contributed by atoms with Crippen LogP contribution in [0.25, 0.3) is 0 Å². The summed E-state index contributed by atoms with van der Waals surface area (Å²) in [4.78, 5) is 26.3. The van der Waals surface area contributed by atoms with Crippen molar-refractivity contribution in [3.8, 4) is 0 Å². The summed E-state index contributed by atoms with van der Waals surface area (Å²) in [6.07, 6.45) is -0.334. The normalized spacial score (nSPS) is 27.2. The smallest absolute Gasteiger partial charge is 0.414 e. The molecule has 3 atom stereocenters. The molecule has 9 heteroatoms. The Morgan fingerprint density at radius 2 is 2.23 bits per heavy atom. The number of anilines is 2. The van der Waals surface area contributed by atoms with Crippen molar-refractivity contribution in [1.82, 2.24) is 5.06 Å². The maximum Gasteiger partial charge on any atom is 0.414 e. The van der Waals surface area contributed by atoms with Crippen molar-refractivity contribution in [3.63, 3.8) is 0 Å². The number of halogens is 1. The van der Waals surface area contributed by atoms with Gasteiger partial charge in [0.1, 0.15) is 11.9 Å². The summed E-state index contributed by atoms with van der Waals surface area (Å²) in [7, 11) is 0. The summed E-state index contributed by atoms with van der Waals surface area (Å²) < 4.78 is 25.3. The standard InChI is InChI=1S/C17H19FN3O5/c1-10(22)21(24)8-14-7-20(17(23)26-14)11-2-3-16(15(18)5-11)19-6-13-4-12(19)9-25-13/h2-3,5,12-14H,4,6-9H2,1H3/q-1/t12-,13-,14?/m0/s1. The number of rotatable bonds is 4. The molecule has 1 unspecified atom stereocenters. The Labute approximate surface area is 149 Å². The lowest BCUT2D eigenvalue weighted by atomic mass is 10.2. The zero-order valence-corrected chi connectivity index (χ0v) is 14.3. The molecule has 0 radical (unpaired) electrons. The van der Waals surface area contributed by atoms with Crippen LogP contribution in [-0.4, -0.2) is 61.6 Å². The molecule has 2 bridgehead atoms. The number of amides is 2. The number of ether oxygens (including phenoxy) is 2. The molecule has 140 valence electrons. The van der Waals surface area contributed by atoms with E-state index >= 15 is 0 Å². The van der Waals surface area contributed by atoms with Gasteiger partial charge in [-0.1, -0.05) is 0 Å². The highest BCUT2D eigenvalue weighted by Gasteiger charge is 2.40. The average Bonchev–Trinajstić information content (AvgIpc) is 3.30. The molecule has 3 aliphatic rings. The van der Waals surface area contributed by atoms with E-state index in [0.29, 0.717) is 24.5 Å². The summed E-state index contributed by atoms with van der Waals surface area (Å²) in [5.41, 5.74) is 0.857. The van der Waals surface area contributed by atoms with E-state index in [1.807, 2.05) is 4.90 Å². The van der Waals surface area contributed by atoms with Gasteiger partial charge in [-0.2, -0.15) is 0 Å². The van der Waals surface area contributed by atoms with Crippen molar-refractivity contribution >= 4 is 23.4 Å². The first-order valence-electron chi connectivity index (χ1n) is 8.53. The third-order valence-corrected chi connectivity index (χ3v) is 5.05. The minimum atomic E-state index is -0.738. The van der Waals surface area contributed by atoms with Crippen LogP contribution in [-0.2, 0) is 14.3 Å². The number of fused-ring (bicyclic) bond motifs is 2.